The normalized spacial score (nSPS) is 32.6. The minimum atomic E-state index is 0.133. The quantitative estimate of drug-likeness (QED) is 0.687. The van der Waals surface area contributed by atoms with E-state index in [2.05, 4.69) is 39.9 Å². The maximum atomic E-state index is 11.9. The number of amides is 1. The molecule has 82 valence electrons. The van der Waals surface area contributed by atoms with Crippen molar-refractivity contribution in [3.63, 3.8) is 0 Å². The van der Waals surface area contributed by atoms with E-state index in [1.54, 1.807) is 0 Å². The number of hydrogen-bond donors (Lipinski definition) is 1. The van der Waals surface area contributed by atoms with Crippen LogP contribution < -0.4 is 5.32 Å². The summed E-state index contributed by atoms with van der Waals surface area (Å²) in [5.41, 5.74) is 0.133. The van der Waals surface area contributed by atoms with E-state index in [1.165, 1.54) is 0 Å². The molecule has 1 amide bonds. The van der Waals surface area contributed by atoms with E-state index < -0.39 is 0 Å². The standard InChI is InChI=1S/C12H23NO/c1-8(2)10-11(14)13-7-9(3)6-12(10,4)5/h8-10H,6-7H2,1-5H3,(H,13,14). The Kier molecular flexibility index (Phi) is 3.23. The monoisotopic (exact) mass is 197 g/mol. The maximum Gasteiger partial charge on any atom is 0.223 e. The van der Waals surface area contributed by atoms with Crippen molar-refractivity contribution in [3.05, 3.63) is 0 Å². The summed E-state index contributed by atoms with van der Waals surface area (Å²) in [5.74, 6) is 1.43. The van der Waals surface area contributed by atoms with Gasteiger partial charge in [0.15, 0.2) is 0 Å². The molecule has 0 spiro atoms. The Morgan fingerprint density at radius 1 is 1.43 bits per heavy atom. The van der Waals surface area contributed by atoms with Crippen LogP contribution in [-0.2, 0) is 4.79 Å². The highest BCUT2D eigenvalue weighted by molar-refractivity contribution is 5.80. The van der Waals surface area contributed by atoms with Crippen LogP contribution in [0, 0.1) is 23.2 Å². The molecule has 0 saturated carbocycles. The first-order chi connectivity index (χ1) is 6.34. The van der Waals surface area contributed by atoms with Crippen LogP contribution in [0.3, 0.4) is 0 Å². The molecule has 0 aromatic rings. The van der Waals surface area contributed by atoms with Gasteiger partial charge in [0, 0.05) is 12.5 Å². The molecule has 1 fully saturated rings. The first-order valence-electron chi connectivity index (χ1n) is 5.62. The van der Waals surface area contributed by atoms with Crippen LogP contribution in [-0.4, -0.2) is 12.5 Å². The van der Waals surface area contributed by atoms with Gasteiger partial charge in [-0.2, -0.15) is 0 Å². The molecule has 0 aromatic heterocycles. The van der Waals surface area contributed by atoms with Crippen molar-refractivity contribution in [2.45, 2.75) is 41.0 Å². The summed E-state index contributed by atoms with van der Waals surface area (Å²) in [6, 6.07) is 0. The third-order valence-corrected chi connectivity index (χ3v) is 3.29. The Hall–Kier alpha value is -0.530. The van der Waals surface area contributed by atoms with Crippen molar-refractivity contribution >= 4 is 5.91 Å². The predicted molar refractivity (Wildman–Crippen MR) is 58.9 cm³/mol. The molecule has 2 unspecified atom stereocenters. The van der Waals surface area contributed by atoms with E-state index in [4.69, 9.17) is 0 Å². The summed E-state index contributed by atoms with van der Waals surface area (Å²) in [6.07, 6.45) is 1.13. The third-order valence-electron chi connectivity index (χ3n) is 3.29. The largest absolute Gasteiger partial charge is 0.356 e. The lowest BCUT2D eigenvalue weighted by atomic mass is 9.69. The van der Waals surface area contributed by atoms with Gasteiger partial charge in [0.05, 0.1) is 0 Å². The predicted octanol–water partition coefficient (Wildman–Crippen LogP) is 2.44. The molecule has 1 rings (SSSR count). The van der Waals surface area contributed by atoms with E-state index in [9.17, 15) is 4.79 Å². The molecule has 1 N–H and O–H groups in total. The van der Waals surface area contributed by atoms with Crippen molar-refractivity contribution in [3.8, 4) is 0 Å². The van der Waals surface area contributed by atoms with Crippen LogP contribution in [0.4, 0.5) is 0 Å². The summed E-state index contributed by atoms with van der Waals surface area (Å²) in [7, 11) is 0. The van der Waals surface area contributed by atoms with Gasteiger partial charge in [0.2, 0.25) is 5.91 Å². The fourth-order valence-electron chi connectivity index (χ4n) is 3.04. The highest BCUT2D eigenvalue weighted by Gasteiger charge is 2.40. The SMILES string of the molecule is CC1CNC(=O)C(C(C)C)C(C)(C)C1. The number of carbonyl (C=O) groups is 1. The molecule has 0 bridgehead atoms. The Morgan fingerprint density at radius 3 is 2.50 bits per heavy atom. The van der Waals surface area contributed by atoms with E-state index >= 15 is 0 Å². The van der Waals surface area contributed by atoms with Gasteiger partial charge in [0.25, 0.3) is 0 Å². The fraction of sp³-hybridized carbons (Fsp3) is 0.917. The van der Waals surface area contributed by atoms with Gasteiger partial charge in [-0.15, -0.1) is 0 Å². The number of hydrogen-bond acceptors (Lipinski definition) is 1. The second kappa shape index (κ2) is 3.92. The minimum absolute atomic E-state index is 0.133. The molecule has 0 radical (unpaired) electrons. The van der Waals surface area contributed by atoms with Crippen LogP contribution in [0.15, 0.2) is 0 Å². The van der Waals surface area contributed by atoms with Crippen LogP contribution in [0.5, 0.6) is 0 Å². The summed E-state index contributed by atoms with van der Waals surface area (Å²) >= 11 is 0. The summed E-state index contributed by atoms with van der Waals surface area (Å²) in [6.45, 7) is 11.8. The third kappa shape index (κ3) is 2.28. The minimum Gasteiger partial charge on any atom is -0.356 e. The number of rotatable bonds is 1. The van der Waals surface area contributed by atoms with Crippen molar-refractivity contribution in [1.82, 2.24) is 5.32 Å². The molecule has 2 atom stereocenters. The Labute approximate surface area is 87.5 Å². The van der Waals surface area contributed by atoms with Gasteiger partial charge in [-0.3, -0.25) is 4.79 Å². The molecule has 2 nitrogen and oxygen atoms in total. The second-order valence-corrected chi connectivity index (χ2v) is 5.76. The van der Waals surface area contributed by atoms with Crippen molar-refractivity contribution in [2.75, 3.05) is 6.54 Å². The van der Waals surface area contributed by atoms with Gasteiger partial charge >= 0.3 is 0 Å². The van der Waals surface area contributed by atoms with Gasteiger partial charge in [-0.1, -0.05) is 34.6 Å². The van der Waals surface area contributed by atoms with Gasteiger partial charge in [0.1, 0.15) is 0 Å². The molecule has 1 aliphatic heterocycles. The zero-order valence-corrected chi connectivity index (χ0v) is 10.1. The first-order valence-corrected chi connectivity index (χ1v) is 5.62. The van der Waals surface area contributed by atoms with E-state index in [1.807, 2.05) is 0 Å². The molecule has 1 saturated heterocycles. The highest BCUT2D eigenvalue weighted by Crippen LogP contribution is 2.39. The molecule has 1 aliphatic rings. The Morgan fingerprint density at radius 2 is 2.00 bits per heavy atom. The van der Waals surface area contributed by atoms with Gasteiger partial charge in [-0.25, -0.2) is 0 Å². The Bertz CT molecular complexity index is 220. The maximum absolute atomic E-state index is 11.9. The van der Waals surface area contributed by atoms with Crippen LogP contribution >= 0.6 is 0 Å². The molecular weight excluding hydrogens is 174 g/mol. The number of carbonyl (C=O) groups excluding carboxylic acids is 1. The lowest BCUT2D eigenvalue weighted by molar-refractivity contribution is -0.129. The van der Waals surface area contributed by atoms with Crippen LogP contribution in [0.2, 0.25) is 0 Å². The number of nitrogens with one attached hydrogen (secondary N) is 1. The average Bonchev–Trinajstić information content (AvgIpc) is 2.06. The van der Waals surface area contributed by atoms with Gasteiger partial charge < -0.3 is 5.32 Å². The van der Waals surface area contributed by atoms with E-state index in [0.29, 0.717) is 11.8 Å². The molecule has 2 heteroatoms. The molecule has 1 heterocycles. The fourth-order valence-corrected chi connectivity index (χ4v) is 3.04. The van der Waals surface area contributed by atoms with Crippen molar-refractivity contribution in [2.24, 2.45) is 23.2 Å². The van der Waals surface area contributed by atoms with E-state index in [0.717, 1.165) is 13.0 Å². The van der Waals surface area contributed by atoms with Gasteiger partial charge in [-0.05, 0) is 23.7 Å². The first kappa shape index (κ1) is 11.5. The molecule has 0 aliphatic carbocycles. The topological polar surface area (TPSA) is 29.1 Å². The molecular formula is C12H23NO. The lowest BCUT2D eigenvalue weighted by Gasteiger charge is -2.34. The lowest BCUT2D eigenvalue weighted by Crippen LogP contribution is -2.39. The summed E-state index contributed by atoms with van der Waals surface area (Å²) in [5, 5.41) is 3.04. The van der Waals surface area contributed by atoms with Crippen molar-refractivity contribution < 1.29 is 4.79 Å². The summed E-state index contributed by atoms with van der Waals surface area (Å²) < 4.78 is 0. The summed E-state index contributed by atoms with van der Waals surface area (Å²) in [4.78, 5) is 11.9. The zero-order chi connectivity index (χ0) is 10.9. The van der Waals surface area contributed by atoms with Crippen LogP contribution in [0.1, 0.15) is 41.0 Å². The molecule has 0 aromatic carbocycles. The smallest absolute Gasteiger partial charge is 0.223 e. The van der Waals surface area contributed by atoms with Crippen LogP contribution in [0.25, 0.3) is 0 Å². The van der Waals surface area contributed by atoms with Crippen molar-refractivity contribution in [1.29, 1.82) is 0 Å². The zero-order valence-electron chi connectivity index (χ0n) is 10.1. The average molecular weight is 197 g/mol. The van der Waals surface area contributed by atoms with E-state index in [-0.39, 0.29) is 17.2 Å². The molecule has 14 heavy (non-hydrogen) atoms. The second-order valence-electron chi connectivity index (χ2n) is 5.76. The highest BCUT2D eigenvalue weighted by atomic mass is 16.1. The Balaban J connectivity index is 2.91.